The molecule has 3 heteroatoms. The highest BCUT2D eigenvalue weighted by atomic mass is 16.2. The molecule has 0 saturated heterocycles. The maximum atomic E-state index is 12.4. The molecule has 20 heavy (non-hydrogen) atoms. The highest BCUT2D eigenvalue weighted by Gasteiger charge is 2.27. The van der Waals surface area contributed by atoms with Crippen LogP contribution in [0, 0.1) is 0 Å². The van der Waals surface area contributed by atoms with Crippen LogP contribution in [0.4, 0.5) is 0 Å². The van der Waals surface area contributed by atoms with Gasteiger partial charge in [-0.15, -0.1) is 0 Å². The SMILES string of the molecule is C[C@H](C(=O)NC1CCCC1)N1CCc2ccccc2C1. The van der Waals surface area contributed by atoms with Crippen molar-refractivity contribution in [2.75, 3.05) is 6.54 Å². The lowest BCUT2D eigenvalue weighted by Crippen LogP contribution is -2.49. The molecule has 1 aromatic carbocycles. The summed E-state index contributed by atoms with van der Waals surface area (Å²) in [7, 11) is 0. The molecule has 2 aliphatic rings. The number of hydrogen-bond acceptors (Lipinski definition) is 2. The van der Waals surface area contributed by atoms with E-state index in [0.717, 1.165) is 32.4 Å². The zero-order chi connectivity index (χ0) is 13.9. The van der Waals surface area contributed by atoms with E-state index in [2.05, 4.69) is 34.5 Å². The molecule has 1 aliphatic heterocycles. The monoisotopic (exact) mass is 272 g/mol. The number of hydrogen-bond donors (Lipinski definition) is 1. The van der Waals surface area contributed by atoms with Crippen LogP contribution in [0.3, 0.4) is 0 Å². The zero-order valence-electron chi connectivity index (χ0n) is 12.3. The van der Waals surface area contributed by atoms with Crippen molar-refractivity contribution in [3.63, 3.8) is 0 Å². The number of carbonyl (C=O) groups excluding carboxylic acids is 1. The minimum absolute atomic E-state index is 0.0241. The minimum atomic E-state index is -0.0241. The van der Waals surface area contributed by atoms with E-state index in [1.807, 2.05) is 6.92 Å². The van der Waals surface area contributed by atoms with Crippen LogP contribution in [0.15, 0.2) is 24.3 Å². The minimum Gasteiger partial charge on any atom is -0.352 e. The summed E-state index contributed by atoms with van der Waals surface area (Å²) in [6, 6.07) is 8.97. The molecule has 3 rings (SSSR count). The van der Waals surface area contributed by atoms with Crippen molar-refractivity contribution in [3.05, 3.63) is 35.4 Å². The molecule has 1 fully saturated rings. The van der Waals surface area contributed by atoms with Gasteiger partial charge in [0, 0.05) is 19.1 Å². The molecule has 0 spiro atoms. The Morgan fingerprint density at radius 1 is 1.25 bits per heavy atom. The number of rotatable bonds is 3. The quantitative estimate of drug-likeness (QED) is 0.917. The van der Waals surface area contributed by atoms with Crippen molar-refractivity contribution in [2.45, 2.75) is 57.7 Å². The van der Waals surface area contributed by atoms with Crippen LogP contribution in [-0.4, -0.2) is 29.4 Å². The van der Waals surface area contributed by atoms with Gasteiger partial charge >= 0.3 is 0 Å². The number of nitrogens with zero attached hydrogens (tertiary/aromatic N) is 1. The first-order chi connectivity index (χ1) is 9.74. The van der Waals surface area contributed by atoms with Gasteiger partial charge in [-0.2, -0.15) is 0 Å². The van der Waals surface area contributed by atoms with E-state index >= 15 is 0 Å². The van der Waals surface area contributed by atoms with E-state index in [4.69, 9.17) is 0 Å². The first-order valence-electron chi connectivity index (χ1n) is 7.85. The van der Waals surface area contributed by atoms with Crippen molar-refractivity contribution in [3.8, 4) is 0 Å². The van der Waals surface area contributed by atoms with Gasteiger partial charge in [0.2, 0.25) is 5.91 Å². The molecule has 1 aliphatic carbocycles. The summed E-state index contributed by atoms with van der Waals surface area (Å²) in [4.78, 5) is 14.7. The Balaban J connectivity index is 1.60. The molecule has 0 unspecified atom stereocenters. The van der Waals surface area contributed by atoms with Gasteiger partial charge < -0.3 is 5.32 Å². The first-order valence-corrected chi connectivity index (χ1v) is 7.85. The second-order valence-electron chi connectivity index (χ2n) is 6.16. The maximum Gasteiger partial charge on any atom is 0.237 e. The van der Waals surface area contributed by atoms with Gasteiger partial charge in [-0.3, -0.25) is 9.69 Å². The van der Waals surface area contributed by atoms with Crippen molar-refractivity contribution >= 4 is 5.91 Å². The molecule has 1 N–H and O–H groups in total. The summed E-state index contributed by atoms with van der Waals surface area (Å²) >= 11 is 0. The molecule has 1 saturated carbocycles. The van der Waals surface area contributed by atoms with Crippen molar-refractivity contribution in [1.29, 1.82) is 0 Å². The summed E-state index contributed by atoms with van der Waals surface area (Å²) in [6.45, 7) is 3.92. The van der Waals surface area contributed by atoms with E-state index < -0.39 is 0 Å². The van der Waals surface area contributed by atoms with Gasteiger partial charge in [0.15, 0.2) is 0 Å². The number of benzene rings is 1. The van der Waals surface area contributed by atoms with Crippen LogP contribution in [0.1, 0.15) is 43.7 Å². The van der Waals surface area contributed by atoms with Crippen LogP contribution >= 0.6 is 0 Å². The van der Waals surface area contributed by atoms with Crippen molar-refractivity contribution in [1.82, 2.24) is 10.2 Å². The summed E-state index contributed by atoms with van der Waals surface area (Å²) in [5, 5.41) is 3.22. The second-order valence-corrected chi connectivity index (χ2v) is 6.16. The normalized spacial score (nSPS) is 21.4. The standard InChI is InChI=1S/C17H24N2O/c1-13(17(20)18-16-8-4-5-9-16)19-11-10-14-6-2-3-7-15(14)12-19/h2-3,6-7,13,16H,4-5,8-12H2,1H3,(H,18,20)/t13-/m1/s1. The molecule has 0 radical (unpaired) electrons. The van der Waals surface area contributed by atoms with Gasteiger partial charge in [0.25, 0.3) is 0 Å². The fraction of sp³-hybridized carbons (Fsp3) is 0.588. The molecular formula is C17H24N2O. The predicted molar refractivity (Wildman–Crippen MR) is 80.4 cm³/mol. The number of nitrogens with one attached hydrogen (secondary N) is 1. The number of fused-ring (bicyclic) bond motifs is 1. The molecule has 0 bridgehead atoms. The van der Waals surface area contributed by atoms with E-state index in [1.165, 1.54) is 24.0 Å². The molecule has 1 amide bonds. The van der Waals surface area contributed by atoms with E-state index in [9.17, 15) is 4.79 Å². The zero-order valence-corrected chi connectivity index (χ0v) is 12.3. The van der Waals surface area contributed by atoms with E-state index in [-0.39, 0.29) is 11.9 Å². The lowest BCUT2D eigenvalue weighted by Gasteiger charge is -2.33. The second kappa shape index (κ2) is 5.96. The molecule has 1 heterocycles. The Morgan fingerprint density at radius 3 is 2.70 bits per heavy atom. The third-order valence-corrected chi connectivity index (χ3v) is 4.79. The predicted octanol–water partition coefficient (Wildman–Crippen LogP) is 2.49. The Labute approximate surface area is 121 Å². The van der Waals surface area contributed by atoms with Crippen LogP contribution < -0.4 is 5.32 Å². The average molecular weight is 272 g/mol. The van der Waals surface area contributed by atoms with Crippen molar-refractivity contribution < 1.29 is 4.79 Å². The third kappa shape index (κ3) is 2.88. The van der Waals surface area contributed by atoms with Gasteiger partial charge in [-0.05, 0) is 37.3 Å². The van der Waals surface area contributed by atoms with Crippen molar-refractivity contribution in [2.24, 2.45) is 0 Å². The molecule has 3 nitrogen and oxygen atoms in total. The molecular weight excluding hydrogens is 248 g/mol. The van der Waals surface area contributed by atoms with E-state index in [0.29, 0.717) is 6.04 Å². The summed E-state index contributed by atoms with van der Waals surface area (Å²) in [5.74, 6) is 0.205. The number of carbonyl (C=O) groups is 1. The first kappa shape index (κ1) is 13.6. The fourth-order valence-corrected chi connectivity index (χ4v) is 3.41. The maximum absolute atomic E-state index is 12.4. The summed E-state index contributed by atoms with van der Waals surface area (Å²) < 4.78 is 0. The Hall–Kier alpha value is -1.35. The third-order valence-electron chi connectivity index (χ3n) is 4.79. The summed E-state index contributed by atoms with van der Waals surface area (Å²) in [5.41, 5.74) is 2.81. The summed E-state index contributed by atoms with van der Waals surface area (Å²) in [6.07, 6.45) is 5.88. The largest absolute Gasteiger partial charge is 0.352 e. The van der Waals surface area contributed by atoms with Gasteiger partial charge in [0.1, 0.15) is 0 Å². The van der Waals surface area contributed by atoms with Gasteiger partial charge in [0.05, 0.1) is 6.04 Å². The molecule has 108 valence electrons. The molecule has 0 aromatic heterocycles. The Kier molecular flexibility index (Phi) is 4.06. The average Bonchev–Trinajstić information content (AvgIpc) is 2.99. The Bertz CT molecular complexity index is 480. The lowest BCUT2D eigenvalue weighted by atomic mass is 9.98. The van der Waals surface area contributed by atoms with E-state index in [1.54, 1.807) is 0 Å². The highest BCUT2D eigenvalue weighted by molar-refractivity contribution is 5.81. The van der Waals surface area contributed by atoms with Gasteiger partial charge in [-0.25, -0.2) is 0 Å². The van der Waals surface area contributed by atoms with Crippen LogP contribution in [0.5, 0.6) is 0 Å². The van der Waals surface area contributed by atoms with Crippen LogP contribution in [0.25, 0.3) is 0 Å². The highest BCUT2D eigenvalue weighted by Crippen LogP contribution is 2.21. The Morgan fingerprint density at radius 2 is 1.95 bits per heavy atom. The molecule has 1 aromatic rings. The van der Waals surface area contributed by atoms with Gasteiger partial charge in [-0.1, -0.05) is 37.1 Å². The topological polar surface area (TPSA) is 32.3 Å². The fourth-order valence-electron chi connectivity index (χ4n) is 3.41. The lowest BCUT2D eigenvalue weighted by molar-refractivity contribution is -0.126. The molecule has 1 atom stereocenters. The van der Waals surface area contributed by atoms with Crippen LogP contribution in [-0.2, 0) is 17.8 Å². The smallest absolute Gasteiger partial charge is 0.237 e. The van der Waals surface area contributed by atoms with Crippen LogP contribution in [0.2, 0.25) is 0 Å². The number of amides is 1.